The van der Waals surface area contributed by atoms with Crippen molar-refractivity contribution >= 4 is 17.1 Å². The van der Waals surface area contributed by atoms with Crippen molar-refractivity contribution < 1.29 is 27.2 Å². The predicted octanol–water partition coefficient (Wildman–Crippen LogP) is 5.72. The zero-order chi connectivity index (χ0) is 23.9. The molecule has 0 bridgehead atoms. The molecule has 2 aromatic rings. The summed E-state index contributed by atoms with van der Waals surface area (Å²) in [5.41, 5.74) is 0.343. The molecule has 1 amide bonds. The minimum Gasteiger partial charge on any atom is -0.446 e. The van der Waals surface area contributed by atoms with Crippen molar-refractivity contribution in [3.05, 3.63) is 29.5 Å². The molecule has 2 aliphatic carbocycles. The maximum Gasteiger partial charge on any atom is 0.416 e. The number of amides is 1. The Bertz CT molecular complexity index is 1010. The maximum absolute atomic E-state index is 13.1. The predicted molar refractivity (Wildman–Crippen MR) is 120 cm³/mol. The van der Waals surface area contributed by atoms with E-state index in [1.807, 2.05) is 0 Å². The number of alkyl carbamates (subject to hydrolysis) is 1. The van der Waals surface area contributed by atoms with Gasteiger partial charge in [0.2, 0.25) is 0 Å². The number of carbonyl (C=O) groups excluding carboxylic acids is 1. The molecule has 3 fully saturated rings. The third-order valence-corrected chi connectivity index (χ3v) is 7.75. The fraction of sp³-hybridized carbons (Fsp3) is 0.680. The van der Waals surface area contributed by atoms with Gasteiger partial charge in [-0.25, -0.2) is 4.79 Å². The van der Waals surface area contributed by atoms with E-state index in [-0.39, 0.29) is 24.2 Å². The van der Waals surface area contributed by atoms with E-state index in [1.54, 1.807) is 0 Å². The van der Waals surface area contributed by atoms with Gasteiger partial charge in [-0.15, -0.1) is 0 Å². The minimum absolute atomic E-state index is 0.0134. The molecule has 1 saturated heterocycles. The molecule has 3 aliphatic rings. The first-order chi connectivity index (χ1) is 16.3. The summed E-state index contributed by atoms with van der Waals surface area (Å²) < 4.78 is 50.3. The van der Waals surface area contributed by atoms with Gasteiger partial charge in [-0.3, -0.25) is 0 Å². The molecule has 34 heavy (non-hydrogen) atoms. The van der Waals surface area contributed by atoms with Crippen LogP contribution < -0.4 is 5.32 Å². The minimum atomic E-state index is -4.39. The molecule has 5 rings (SSSR count). The molecule has 0 radical (unpaired) electrons. The summed E-state index contributed by atoms with van der Waals surface area (Å²) in [6.07, 6.45) is 2.19. The normalized spacial score (nSPS) is 28.7. The van der Waals surface area contributed by atoms with E-state index >= 15 is 0 Å². The zero-order valence-corrected chi connectivity index (χ0v) is 19.4. The van der Waals surface area contributed by atoms with E-state index in [0.29, 0.717) is 22.6 Å². The number of benzene rings is 1. The summed E-state index contributed by atoms with van der Waals surface area (Å²) in [5.74, 6) is 1.18. The van der Waals surface area contributed by atoms with E-state index in [4.69, 9.17) is 9.26 Å². The van der Waals surface area contributed by atoms with E-state index < -0.39 is 11.7 Å². The molecule has 0 spiro atoms. The molecule has 186 valence electrons. The fourth-order valence-electron chi connectivity index (χ4n) is 5.45. The Morgan fingerprint density at radius 2 is 1.91 bits per heavy atom. The third kappa shape index (κ3) is 5.34. The number of nitrogens with one attached hydrogen (secondary N) is 1. The Labute approximate surface area is 197 Å². The number of rotatable bonds is 5. The number of piperidine rings is 1. The lowest BCUT2D eigenvalue weighted by molar-refractivity contribution is -0.137. The van der Waals surface area contributed by atoms with Gasteiger partial charge < -0.3 is 19.5 Å². The standard InChI is InChI=1S/C25H32F3N3O3/c1-15-2-5-19(6-3-15)29-24(32)33-22-12-17(22)14-31-10-8-16(9-11-31)23-20-13-18(25(26,27)28)4-7-21(20)34-30-23/h4,7,13,15-17,19,22H,2-3,5-6,8-12,14H2,1H3,(H,29,32)/t15?,17-,19?,22-/m1/s1. The second-order valence-corrected chi connectivity index (χ2v) is 10.4. The number of halogens is 3. The number of alkyl halides is 3. The van der Waals surface area contributed by atoms with Crippen LogP contribution >= 0.6 is 0 Å². The Morgan fingerprint density at radius 1 is 1.18 bits per heavy atom. The number of hydrogen-bond acceptors (Lipinski definition) is 5. The number of hydrogen-bond donors (Lipinski definition) is 1. The van der Waals surface area contributed by atoms with Crippen molar-refractivity contribution in [1.82, 2.24) is 15.4 Å². The average Bonchev–Trinajstić information content (AvgIpc) is 3.37. The highest BCUT2D eigenvalue weighted by Gasteiger charge is 2.42. The Kier molecular flexibility index (Phi) is 6.48. The summed E-state index contributed by atoms with van der Waals surface area (Å²) in [6, 6.07) is 3.77. The van der Waals surface area contributed by atoms with Gasteiger partial charge in [-0.2, -0.15) is 13.2 Å². The second kappa shape index (κ2) is 9.40. The van der Waals surface area contributed by atoms with Crippen LogP contribution in [0.3, 0.4) is 0 Å². The lowest BCUT2D eigenvalue weighted by Gasteiger charge is -2.31. The Morgan fingerprint density at radius 3 is 2.62 bits per heavy atom. The second-order valence-electron chi connectivity index (χ2n) is 10.4. The summed E-state index contributed by atoms with van der Waals surface area (Å²) in [5, 5.41) is 7.60. The zero-order valence-electron chi connectivity index (χ0n) is 19.4. The molecular weight excluding hydrogens is 447 g/mol. The summed E-state index contributed by atoms with van der Waals surface area (Å²) in [4.78, 5) is 14.6. The van der Waals surface area contributed by atoms with E-state index in [1.165, 1.54) is 6.07 Å². The SMILES string of the molecule is CC1CCC(NC(=O)O[C@@H]2C[C@@H]2CN2CCC(c3noc4ccc(C(F)(F)F)cc34)CC2)CC1. The van der Waals surface area contributed by atoms with Crippen molar-refractivity contribution in [2.75, 3.05) is 19.6 Å². The monoisotopic (exact) mass is 479 g/mol. The molecule has 2 heterocycles. The lowest BCUT2D eigenvalue weighted by atomic mass is 9.87. The van der Waals surface area contributed by atoms with Crippen molar-refractivity contribution in [1.29, 1.82) is 0 Å². The smallest absolute Gasteiger partial charge is 0.416 e. The molecule has 1 aromatic carbocycles. The molecule has 9 heteroatoms. The first-order valence-electron chi connectivity index (χ1n) is 12.4. The van der Waals surface area contributed by atoms with Gasteiger partial charge in [-0.1, -0.05) is 12.1 Å². The molecular formula is C25H32F3N3O3. The first kappa shape index (κ1) is 23.5. The largest absolute Gasteiger partial charge is 0.446 e. The fourth-order valence-corrected chi connectivity index (χ4v) is 5.45. The Balaban J connectivity index is 1.08. The number of fused-ring (bicyclic) bond motifs is 1. The van der Waals surface area contributed by atoms with Crippen LogP contribution in [0.2, 0.25) is 0 Å². The number of aromatic nitrogens is 1. The van der Waals surface area contributed by atoms with Crippen LogP contribution in [0.1, 0.15) is 69.0 Å². The summed E-state index contributed by atoms with van der Waals surface area (Å²) in [6.45, 7) is 4.81. The van der Waals surface area contributed by atoms with Crippen molar-refractivity contribution in [2.45, 2.75) is 76.1 Å². The van der Waals surface area contributed by atoms with Gasteiger partial charge >= 0.3 is 12.3 Å². The van der Waals surface area contributed by atoms with Crippen molar-refractivity contribution in [2.24, 2.45) is 11.8 Å². The van der Waals surface area contributed by atoms with E-state index in [0.717, 1.165) is 82.6 Å². The molecule has 2 saturated carbocycles. The van der Waals surface area contributed by atoms with Gasteiger partial charge in [-0.05, 0) is 82.2 Å². The molecule has 1 aromatic heterocycles. The van der Waals surface area contributed by atoms with Crippen molar-refractivity contribution in [3.8, 4) is 0 Å². The van der Waals surface area contributed by atoms with Crippen LogP contribution in [0.25, 0.3) is 11.0 Å². The highest BCUT2D eigenvalue weighted by atomic mass is 19.4. The average molecular weight is 480 g/mol. The van der Waals surface area contributed by atoms with Crippen molar-refractivity contribution in [3.63, 3.8) is 0 Å². The maximum atomic E-state index is 13.1. The van der Waals surface area contributed by atoms with E-state index in [9.17, 15) is 18.0 Å². The topological polar surface area (TPSA) is 67.6 Å². The van der Waals surface area contributed by atoms with Crippen LogP contribution in [0.15, 0.2) is 22.7 Å². The number of likely N-dealkylation sites (tertiary alicyclic amines) is 1. The third-order valence-electron chi connectivity index (χ3n) is 7.75. The summed E-state index contributed by atoms with van der Waals surface area (Å²) >= 11 is 0. The van der Waals surface area contributed by atoms with Gasteiger partial charge in [0.05, 0.1) is 11.3 Å². The van der Waals surface area contributed by atoms with Crippen LogP contribution in [0.5, 0.6) is 0 Å². The van der Waals surface area contributed by atoms with Crippen LogP contribution in [-0.4, -0.2) is 47.9 Å². The summed E-state index contributed by atoms with van der Waals surface area (Å²) in [7, 11) is 0. The molecule has 1 N–H and O–H groups in total. The van der Waals surface area contributed by atoms with Crippen LogP contribution in [-0.2, 0) is 10.9 Å². The van der Waals surface area contributed by atoms with Gasteiger partial charge in [0.15, 0.2) is 5.58 Å². The van der Waals surface area contributed by atoms with Gasteiger partial charge in [0.25, 0.3) is 0 Å². The Hall–Kier alpha value is -2.29. The van der Waals surface area contributed by atoms with Gasteiger partial charge in [0, 0.05) is 29.8 Å². The number of ether oxygens (including phenoxy) is 1. The number of nitrogens with zero attached hydrogens (tertiary/aromatic N) is 2. The van der Waals surface area contributed by atoms with Crippen LogP contribution in [0, 0.1) is 11.8 Å². The molecule has 2 atom stereocenters. The van der Waals surface area contributed by atoms with E-state index in [2.05, 4.69) is 22.3 Å². The molecule has 0 unspecified atom stereocenters. The number of carbonyl (C=O) groups is 1. The lowest BCUT2D eigenvalue weighted by Crippen LogP contribution is -2.38. The molecule has 6 nitrogen and oxygen atoms in total. The van der Waals surface area contributed by atoms with Gasteiger partial charge in [0.1, 0.15) is 6.10 Å². The molecule has 1 aliphatic heterocycles. The highest BCUT2D eigenvalue weighted by Crippen LogP contribution is 2.39. The quantitative estimate of drug-likeness (QED) is 0.594. The first-order valence-corrected chi connectivity index (χ1v) is 12.4. The highest BCUT2D eigenvalue weighted by molar-refractivity contribution is 5.81. The van der Waals surface area contributed by atoms with Crippen LogP contribution in [0.4, 0.5) is 18.0 Å².